The van der Waals surface area contributed by atoms with E-state index in [-0.39, 0.29) is 23.2 Å². The number of ether oxygens (including phenoxy) is 1. The van der Waals surface area contributed by atoms with Crippen LogP contribution in [0.25, 0.3) is 0 Å². The highest BCUT2D eigenvalue weighted by molar-refractivity contribution is 9.10. The predicted octanol–water partition coefficient (Wildman–Crippen LogP) is 6.00. The number of carbonyl (C=O) groups excluding carboxylic acids is 2. The summed E-state index contributed by atoms with van der Waals surface area (Å²) in [7, 11) is 1.32. The Morgan fingerprint density at radius 3 is 2.57 bits per heavy atom. The molecule has 3 heterocycles. The molecule has 8 heteroatoms. The third-order valence-electron chi connectivity index (χ3n) is 7.04. The lowest BCUT2D eigenvalue weighted by Crippen LogP contribution is -2.56. The Kier molecular flexibility index (Phi) is 6.09. The van der Waals surface area contributed by atoms with Crippen molar-refractivity contribution in [3.63, 3.8) is 0 Å². The van der Waals surface area contributed by atoms with E-state index in [1.807, 2.05) is 65.6 Å². The minimum atomic E-state index is -0.578. The molecular weight excluding hydrogens is 552 g/mol. The summed E-state index contributed by atoms with van der Waals surface area (Å²) >= 11 is 4.88. The van der Waals surface area contributed by atoms with Crippen molar-refractivity contribution in [2.75, 3.05) is 12.4 Å². The summed E-state index contributed by atoms with van der Waals surface area (Å²) in [6.45, 7) is 0. The number of thioether (sulfide) groups is 1. The summed E-state index contributed by atoms with van der Waals surface area (Å²) in [5.74, 6) is -0.716. The zero-order valence-corrected chi connectivity index (χ0v) is 22.3. The van der Waals surface area contributed by atoms with Gasteiger partial charge in [0.2, 0.25) is 5.78 Å². The number of carbonyl (C=O) groups is 2. The van der Waals surface area contributed by atoms with Crippen molar-refractivity contribution >= 4 is 45.1 Å². The highest BCUT2D eigenvalue weighted by Crippen LogP contribution is 2.56. The molecule has 0 aliphatic carbocycles. The van der Waals surface area contributed by atoms with Gasteiger partial charge in [-0.05, 0) is 35.7 Å². The Hall–Kier alpha value is -3.49. The first-order valence-electron chi connectivity index (χ1n) is 11.9. The standard InChI is InChI=1S/C29H23BrN2O4S/c1-36-29(35)22-21-14-17-10-5-6-13-20(17)23-27(26(22)34)37-28(31-19-12-7-11-18(30)15-19)24(32(21)23)25(33)16-8-3-2-4-9-16/h2-13,15,21,23,27,31,34H,14H2,1H3. The topological polar surface area (TPSA) is 78.9 Å². The average molecular weight is 575 g/mol. The van der Waals surface area contributed by atoms with Gasteiger partial charge in [0.25, 0.3) is 0 Å². The Bertz CT molecular complexity index is 1490. The lowest BCUT2D eigenvalue weighted by atomic mass is 9.77. The fraction of sp³-hybridized carbons (Fsp3) is 0.172. The molecule has 186 valence electrons. The molecule has 0 spiro atoms. The van der Waals surface area contributed by atoms with Gasteiger partial charge in [-0.1, -0.05) is 88.4 Å². The number of benzene rings is 3. The number of hydrogen-bond donors (Lipinski definition) is 2. The number of hydrogen-bond acceptors (Lipinski definition) is 7. The van der Waals surface area contributed by atoms with Gasteiger partial charge in [0.05, 0.1) is 30.0 Å². The van der Waals surface area contributed by atoms with Crippen LogP contribution in [0, 0.1) is 0 Å². The summed E-state index contributed by atoms with van der Waals surface area (Å²) in [6, 6.07) is 24.0. The fourth-order valence-electron chi connectivity index (χ4n) is 5.48. The highest BCUT2D eigenvalue weighted by atomic mass is 79.9. The van der Waals surface area contributed by atoms with Crippen LogP contribution in [0.1, 0.15) is 27.5 Å². The van der Waals surface area contributed by atoms with E-state index in [9.17, 15) is 14.7 Å². The van der Waals surface area contributed by atoms with E-state index < -0.39 is 17.3 Å². The van der Waals surface area contributed by atoms with E-state index in [1.54, 1.807) is 12.1 Å². The first-order valence-corrected chi connectivity index (χ1v) is 13.6. The second-order valence-electron chi connectivity index (χ2n) is 9.11. The first-order chi connectivity index (χ1) is 18.0. The number of anilines is 1. The van der Waals surface area contributed by atoms with E-state index in [0.717, 1.165) is 21.3 Å². The molecule has 2 N–H and O–H groups in total. The molecule has 0 saturated heterocycles. The summed E-state index contributed by atoms with van der Waals surface area (Å²) < 4.78 is 6.01. The summed E-state index contributed by atoms with van der Waals surface area (Å²) in [4.78, 5) is 29.2. The van der Waals surface area contributed by atoms with Crippen LogP contribution in [0.15, 0.2) is 105 Å². The lowest BCUT2D eigenvalue weighted by molar-refractivity contribution is -0.137. The van der Waals surface area contributed by atoms with Crippen molar-refractivity contribution in [3.05, 3.63) is 122 Å². The minimum Gasteiger partial charge on any atom is -0.510 e. The van der Waals surface area contributed by atoms with E-state index in [1.165, 1.54) is 18.9 Å². The fourth-order valence-corrected chi connectivity index (χ4v) is 7.27. The summed E-state index contributed by atoms with van der Waals surface area (Å²) in [5, 5.41) is 15.0. The largest absolute Gasteiger partial charge is 0.510 e. The zero-order valence-electron chi connectivity index (χ0n) is 19.9. The van der Waals surface area contributed by atoms with Crippen LogP contribution in [0.5, 0.6) is 0 Å². The van der Waals surface area contributed by atoms with Crippen molar-refractivity contribution in [1.29, 1.82) is 0 Å². The highest BCUT2D eigenvalue weighted by Gasteiger charge is 2.54. The molecule has 0 saturated carbocycles. The van der Waals surface area contributed by atoms with Crippen LogP contribution in [0.2, 0.25) is 0 Å². The SMILES string of the molecule is COC(=O)C1=C(O)C2SC(Nc3cccc(Br)c3)=C(C(=O)c3ccccc3)N3C1Cc1ccccc1C23. The molecule has 3 aromatic carbocycles. The van der Waals surface area contributed by atoms with E-state index in [2.05, 4.69) is 27.3 Å². The van der Waals surface area contributed by atoms with Gasteiger partial charge in [-0.25, -0.2) is 4.79 Å². The molecule has 6 nitrogen and oxygen atoms in total. The second kappa shape index (κ2) is 9.43. The smallest absolute Gasteiger partial charge is 0.339 e. The minimum absolute atomic E-state index is 0.0114. The number of esters is 1. The van der Waals surface area contributed by atoms with E-state index in [4.69, 9.17) is 4.74 Å². The molecule has 3 aliphatic heterocycles. The Balaban J connectivity index is 1.58. The van der Waals surface area contributed by atoms with Gasteiger partial charge < -0.3 is 20.1 Å². The number of Topliss-reactive ketones (excluding diaryl/α,β-unsaturated/α-hetero) is 1. The molecular formula is C29H23BrN2O4S. The number of ketones is 1. The number of halogens is 1. The Labute approximate surface area is 227 Å². The molecule has 3 atom stereocenters. The third kappa shape index (κ3) is 3.95. The Morgan fingerprint density at radius 1 is 1.05 bits per heavy atom. The van der Waals surface area contributed by atoms with Crippen molar-refractivity contribution < 1.29 is 19.4 Å². The molecule has 3 aromatic rings. The maximum atomic E-state index is 14.2. The predicted molar refractivity (Wildman–Crippen MR) is 147 cm³/mol. The van der Waals surface area contributed by atoms with Crippen molar-refractivity contribution in [3.8, 4) is 0 Å². The van der Waals surface area contributed by atoms with E-state index in [0.29, 0.717) is 22.7 Å². The summed E-state index contributed by atoms with van der Waals surface area (Å²) in [5.41, 5.74) is 4.19. The van der Waals surface area contributed by atoms with Crippen LogP contribution in [-0.4, -0.2) is 40.2 Å². The Morgan fingerprint density at radius 2 is 1.81 bits per heavy atom. The third-order valence-corrected chi connectivity index (χ3v) is 8.80. The second-order valence-corrected chi connectivity index (χ2v) is 11.2. The van der Waals surface area contributed by atoms with Crippen molar-refractivity contribution in [1.82, 2.24) is 4.90 Å². The van der Waals surface area contributed by atoms with Crippen molar-refractivity contribution in [2.24, 2.45) is 0 Å². The van der Waals surface area contributed by atoms with Crippen LogP contribution in [0.3, 0.4) is 0 Å². The maximum absolute atomic E-state index is 14.2. The molecule has 4 bridgehead atoms. The van der Waals surface area contributed by atoms with Crippen molar-refractivity contribution in [2.45, 2.75) is 23.8 Å². The number of nitrogens with zero attached hydrogens (tertiary/aromatic N) is 1. The van der Waals surface area contributed by atoms with Crippen LogP contribution >= 0.6 is 27.7 Å². The molecule has 0 aromatic heterocycles. The quantitative estimate of drug-likeness (QED) is 0.286. The van der Waals surface area contributed by atoms with Gasteiger partial charge >= 0.3 is 5.97 Å². The monoisotopic (exact) mass is 574 g/mol. The lowest BCUT2D eigenvalue weighted by Gasteiger charge is -2.54. The number of nitrogens with one attached hydrogen (secondary N) is 1. The normalized spacial score (nSPS) is 21.9. The number of aliphatic hydroxyl groups is 1. The van der Waals surface area contributed by atoms with Gasteiger partial charge in [0.1, 0.15) is 16.5 Å². The number of rotatable bonds is 5. The van der Waals surface area contributed by atoms with Gasteiger partial charge in [-0.2, -0.15) is 0 Å². The van der Waals surface area contributed by atoms with Crippen LogP contribution in [-0.2, 0) is 16.0 Å². The number of allylic oxidation sites excluding steroid dienone is 1. The van der Waals surface area contributed by atoms with E-state index >= 15 is 0 Å². The number of aliphatic hydroxyl groups excluding tert-OH is 1. The molecule has 0 fully saturated rings. The van der Waals surface area contributed by atoms with Gasteiger partial charge in [0.15, 0.2) is 0 Å². The zero-order chi connectivity index (χ0) is 25.7. The number of fused-ring (bicyclic) bond motifs is 1. The molecule has 37 heavy (non-hydrogen) atoms. The average Bonchev–Trinajstić information content (AvgIpc) is 2.91. The van der Waals surface area contributed by atoms with Gasteiger partial charge in [0, 0.05) is 15.7 Å². The number of methoxy groups -OCH3 is 1. The maximum Gasteiger partial charge on any atom is 0.339 e. The molecule has 3 aliphatic rings. The van der Waals surface area contributed by atoms with Gasteiger partial charge in [-0.3, -0.25) is 4.79 Å². The summed E-state index contributed by atoms with van der Waals surface area (Å²) in [6.07, 6.45) is 0.467. The molecule has 6 rings (SSSR count). The molecule has 3 unspecified atom stereocenters. The van der Waals surface area contributed by atoms with Crippen LogP contribution < -0.4 is 5.32 Å². The molecule has 0 radical (unpaired) electrons. The first kappa shape index (κ1) is 23.9. The molecule has 0 amide bonds. The van der Waals surface area contributed by atoms with Gasteiger partial charge in [-0.15, -0.1) is 0 Å². The van der Waals surface area contributed by atoms with Crippen LogP contribution in [0.4, 0.5) is 5.69 Å².